The van der Waals surface area contributed by atoms with E-state index in [-0.39, 0.29) is 20.5 Å². The van der Waals surface area contributed by atoms with Gasteiger partial charge in [0.25, 0.3) is 11.6 Å². The van der Waals surface area contributed by atoms with Gasteiger partial charge in [-0.15, -0.1) is 11.3 Å². The van der Waals surface area contributed by atoms with Crippen LogP contribution in [0, 0.1) is 0 Å². The Labute approximate surface area is 163 Å². The van der Waals surface area contributed by atoms with E-state index in [2.05, 4.69) is 5.32 Å². The van der Waals surface area contributed by atoms with Gasteiger partial charge in [-0.05, 0) is 6.07 Å². The number of alkyl halides is 1. The van der Waals surface area contributed by atoms with Crippen LogP contribution in [-0.2, 0) is 10.5 Å². The standard InChI is InChI=1S/C20H13ClFNO3S/c1-26-13-10-6-5-9-12(13)14-15-16(24)20(22,11-7-3-2-4-8-11)19(25)23-18(15)27-17(14)21/h2-10H,1H3,(H,23,25). The fraction of sp³-hybridized carbons (Fsp3) is 0.100. The predicted molar refractivity (Wildman–Crippen MR) is 104 cm³/mol. The Morgan fingerprint density at radius 2 is 1.70 bits per heavy atom. The molecule has 3 aromatic rings. The summed E-state index contributed by atoms with van der Waals surface area (Å²) in [4.78, 5) is 25.7. The fourth-order valence-corrected chi connectivity index (χ4v) is 4.56. The molecule has 136 valence electrons. The molecule has 0 radical (unpaired) electrons. The first-order chi connectivity index (χ1) is 13.0. The highest BCUT2D eigenvalue weighted by Crippen LogP contribution is 2.51. The first kappa shape index (κ1) is 17.7. The number of fused-ring (bicyclic) bond motifs is 1. The number of nitrogens with one attached hydrogen (secondary N) is 1. The zero-order valence-corrected chi connectivity index (χ0v) is 15.7. The largest absolute Gasteiger partial charge is 0.496 e. The number of thiophene rings is 1. The lowest BCUT2D eigenvalue weighted by atomic mass is 9.83. The second-order valence-corrected chi connectivity index (χ2v) is 7.59. The van der Waals surface area contributed by atoms with Crippen LogP contribution in [0.1, 0.15) is 15.9 Å². The number of methoxy groups -OCH3 is 1. The summed E-state index contributed by atoms with van der Waals surface area (Å²) in [5, 5.41) is 2.74. The third-order valence-corrected chi connectivity index (χ3v) is 5.81. The SMILES string of the molecule is COc1ccccc1-c1c(Cl)sc2c1C(=O)C(F)(c1ccccc1)C(=O)N2. The Balaban J connectivity index is 1.96. The molecule has 2 heterocycles. The summed E-state index contributed by atoms with van der Waals surface area (Å²) >= 11 is 7.41. The van der Waals surface area contributed by atoms with E-state index < -0.39 is 17.4 Å². The van der Waals surface area contributed by atoms with Gasteiger partial charge in [-0.3, -0.25) is 9.59 Å². The molecule has 1 N–H and O–H groups in total. The molecule has 1 amide bonds. The van der Waals surface area contributed by atoms with Crippen LogP contribution in [0.3, 0.4) is 0 Å². The minimum atomic E-state index is -2.82. The van der Waals surface area contributed by atoms with Gasteiger partial charge in [-0.2, -0.15) is 0 Å². The molecule has 0 aliphatic carbocycles. The van der Waals surface area contributed by atoms with Gasteiger partial charge in [0.05, 0.1) is 12.7 Å². The van der Waals surface area contributed by atoms with Crippen LogP contribution in [-0.4, -0.2) is 18.8 Å². The molecule has 0 bridgehead atoms. The van der Waals surface area contributed by atoms with Crippen LogP contribution in [0.4, 0.5) is 9.39 Å². The molecular formula is C20H13ClFNO3S. The van der Waals surface area contributed by atoms with Gasteiger partial charge in [0.1, 0.15) is 15.1 Å². The molecule has 0 saturated heterocycles. The number of hydrogen-bond donors (Lipinski definition) is 1. The van der Waals surface area contributed by atoms with E-state index in [4.69, 9.17) is 16.3 Å². The van der Waals surface area contributed by atoms with Crippen molar-refractivity contribution in [3.8, 4) is 16.9 Å². The molecule has 1 unspecified atom stereocenters. The van der Waals surface area contributed by atoms with Gasteiger partial charge in [0, 0.05) is 16.7 Å². The Hall–Kier alpha value is -2.70. The smallest absolute Gasteiger partial charge is 0.275 e. The zero-order valence-electron chi connectivity index (χ0n) is 14.1. The Kier molecular flexibility index (Phi) is 4.25. The second-order valence-electron chi connectivity index (χ2n) is 5.96. The molecule has 2 aromatic carbocycles. The lowest BCUT2D eigenvalue weighted by Gasteiger charge is -2.28. The summed E-state index contributed by atoms with van der Waals surface area (Å²) in [5.41, 5.74) is -1.87. The molecule has 1 aromatic heterocycles. The van der Waals surface area contributed by atoms with E-state index in [0.717, 1.165) is 11.3 Å². The maximum absolute atomic E-state index is 15.8. The molecule has 1 atom stereocenters. The maximum atomic E-state index is 15.8. The van der Waals surface area contributed by atoms with Crippen LogP contribution >= 0.6 is 22.9 Å². The number of rotatable bonds is 3. The van der Waals surface area contributed by atoms with E-state index in [9.17, 15) is 9.59 Å². The Bertz CT molecular complexity index is 1070. The first-order valence-electron chi connectivity index (χ1n) is 8.04. The third-order valence-electron chi connectivity index (χ3n) is 4.49. The lowest BCUT2D eigenvalue weighted by molar-refractivity contribution is -0.125. The van der Waals surface area contributed by atoms with Gasteiger partial charge >= 0.3 is 0 Å². The van der Waals surface area contributed by atoms with Gasteiger partial charge in [-0.1, -0.05) is 60.1 Å². The number of carbonyl (C=O) groups excluding carboxylic acids is 2. The molecule has 27 heavy (non-hydrogen) atoms. The number of hydrogen-bond acceptors (Lipinski definition) is 4. The Morgan fingerprint density at radius 3 is 2.41 bits per heavy atom. The minimum absolute atomic E-state index is 0.0218. The summed E-state index contributed by atoms with van der Waals surface area (Å²) in [7, 11) is 1.50. The van der Waals surface area contributed by atoms with Crippen LogP contribution in [0.25, 0.3) is 11.1 Å². The minimum Gasteiger partial charge on any atom is -0.496 e. The normalized spacial score (nSPS) is 18.8. The number of ketones is 1. The van der Waals surface area contributed by atoms with Crippen molar-refractivity contribution in [2.24, 2.45) is 0 Å². The van der Waals surface area contributed by atoms with Crippen molar-refractivity contribution in [1.82, 2.24) is 0 Å². The number of Topliss-reactive ketones (excluding diaryl/α,β-unsaturated/α-hetero) is 1. The van der Waals surface area contributed by atoms with Crippen molar-refractivity contribution in [2.45, 2.75) is 5.67 Å². The van der Waals surface area contributed by atoms with Crippen LogP contribution in [0.15, 0.2) is 54.6 Å². The third kappa shape index (κ3) is 2.56. The topological polar surface area (TPSA) is 55.4 Å². The van der Waals surface area contributed by atoms with E-state index in [1.54, 1.807) is 42.5 Å². The molecule has 1 aliphatic heterocycles. The lowest BCUT2D eigenvalue weighted by Crippen LogP contribution is -2.47. The number of anilines is 1. The van der Waals surface area contributed by atoms with Crippen LogP contribution in [0.5, 0.6) is 5.75 Å². The molecule has 4 rings (SSSR count). The molecule has 1 aliphatic rings. The summed E-state index contributed by atoms with van der Waals surface area (Å²) in [5.74, 6) is -1.46. The molecule has 4 nitrogen and oxygen atoms in total. The number of ether oxygens (including phenoxy) is 1. The number of carbonyl (C=O) groups is 2. The van der Waals surface area contributed by atoms with Crippen molar-refractivity contribution < 1.29 is 18.7 Å². The van der Waals surface area contributed by atoms with Gasteiger partial charge in [0.2, 0.25) is 5.78 Å². The number of para-hydroxylation sites is 1. The second kappa shape index (κ2) is 6.48. The van der Waals surface area contributed by atoms with Crippen molar-refractivity contribution in [1.29, 1.82) is 0 Å². The maximum Gasteiger partial charge on any atom is 0.275 e. The highest BCUT2D eigenvalue weighted by molar-refractivity contribution is 7.21. The molecule has 0 fully saturated rings. The highest BCUT2D eigenvalue weighted by atomic mass is 35.5. The summed E-state index contributed by atoms with van der Waals surface area (Å²) < 4.78 is 21.5. The highest BCUT2D eigenvalue weighted by Gasteiger charge is 2.54. The van der Waals surface area contributed by atoms with Crippen molar-refractivity contribution in [3.63, 3.8) is 0 Å². The van der Waals surface area contributed by atoms with E-state index in [1.807, 2.05) is 0 Å². The molecule has 7 heteroatoms. The number of amides is 1. The summed E-state index contributed by atoms with van der Waals surface area (Å²) in [6.07, 6.45) is 0. The quantitative estimate of drug-likeness (QED) is 0.623. The predicted octanol–water partition coefficient (Wildman–Crippen LogP) is 5.08. The molecular weight excluding hydrogens is 389 g/mol. The Morgan fingerprint density at radius 1 is 1.04 bits per heavy atom. The average Bonchev–Trinajstić information content (AvgIpc) is 3.02. The first-order valence-corrected chi connectivity index (χ1v) is 9.24. The summed E-state index contributed by atoms with van der Waals surface area (Å²) in [6.45, 7) is 0. The van der Waals surface area contributed by atoms with Crippen LogP contribution in [0.2, 0.25) is 4.34 Å². The molecule has 0 spiro atoms. The van der Waals surface area contributed by atoms with Crippen molar-refractivity contribution in [2.75, 3.05) is 12.4 Å². The fourth-order valence-electron chi connectivity index (χ4n) is 3.19. The average molecular weight is 402 g/mol. The monoisotopic (exact) mass is 401 g/mol. The van der Waals surface area contributed by atoms with Crippen molar-refractivity contribution in [3.05, 3.63) is 70.1 Å². The zero-order chi connectivity index (χ0) is 19.2. The van der Waals surface area contributed by atoms with Gasteiger partial charge in [-0.25, -0.2) is 4.39 Å². The summed E-state index contributed by atoms with van der Waals surface area (Å²) in [6, 6.07) is 14.7. The van der Waals surface area contributed by atoms with Gasteiger partial charge < -0.3 is 10.1 Å². The van der Waals surface area contributed by atoms with E-state index >= 15 is 4.39 Å². The van der Waals surface area contributed by atoms with E-state index in [1.165, 1.54) is 19.2 Å². The van der Waals surface area contributed by atoms with Gasteiger partial charge in [0.15, 0.2) is 0 Å². The van der Waals surface area contributed by atoms with Crippen molar-refractivity contribution >= 4 is 39.6 Å². The van der Waals surface area contributed by atoms with Crippen LogP contribution < -0.4 is 10.1 Å². The number of benzene rings is 2. The molecule has 0 saturated carbocycles. The van der Waals surface area contributed by atoms with E-state index in [0.29, 0.717) is 16.9 Å². The number of halogens is 2.